The molecular weight excluding hydrogens is 188 g/mol. The zero-order chi connectivity index (χ0) is 11.5. The van der Waals surface area contributed by atoms with Crippen LogP contribution in [0, 0.1) is 0 Å². The maximum absolute atomic E-state index is 5.68. The topological polar surface area (TPSA) is 53.6 Å². The molecule has 0 radical (unpaired) electrons. The highest BCUT2D eigenvalue weighted by atomic mass is 15.2. The fourth-order valence-corrected chi connectivity index (χ4v) is 1.37. The second-order valence-electron chi connectivity index (χ2n) is 3.63. The standard InChI is InChI=1S/C11H26N4/c1-4-7-13-11(12)14-8-10-15(6-3)9-5-2/h4-10H2,1-3H3,(H3,12,13,14). The van der Waals surface area contributed by atoms with Crippen molar-refractivity contribution in [2.75, 3.05) is 32.7 Å². The van der Waals surface area contributed by atoms with Gasteiger partial charge in [-0.15, -0.1) is 0 Å². The Bertz CT molecular complexity index is 168. The maximum Gasteiger partial charge on any atom is 0.188 e. The lowest BCUT2D eigenvalue weighted by Gasteiger charge is -2.19. The number of hydrogen-bond donors (Lipinski definition) is 2. The van der Waals surface area contributed by atoms with Gasteiger partial charge in [0, 0.05) is 19.6 Å². The van der Waals surface area contributed by atoms with Crippen LogP contribution in [-0.4, -0.2) is 43.6 Å². The van der Waals surface area contributed by atoms with Crippen molar-refractivity contribution in [2.45, 2.75) is 33.6 Å². The van der Waals surface area contributed by atoms with Crippen LogP contribution in [0.3, 0.4) is 0 Å². The minimum atomic E-state index is 0.574. The van der Waals surface area contributed by atoms with Gasteiger partial charge in [0.15, 0.2) is 5.96 Å². The quantitative estimate of drug-likeness (QED) is 0.469. The molecule has 0 atom stereocenters. The summed E-state index contributed by atoms with van der Waals surface area (Å²) in [5.41, 5.74) is 5.68. The molecule has 0 bridgehead atoms. The Morgan fingerprint density at radius 1 is 1.20 bits per heavy atom. The van der Waals surface area contributed by atoms with Gasteiger partial charge in [0.1, 0.15) is 0 Å². The molecule has 0 aliphatic rings. The number of guanidine groups is 1. The SMILES string of the molecule is CCCN=C(N)NCCN(CC)CCC. The number of likely N-dealkylation sites (N-methyl/N-ethyl adjacent to an activating group) is 1. The van der Waals surface area contributed by atoms with Gasteiger partial charge in [-0.1, -0.05) is 20.8 Å². The lowest BCUT2D eigenvalue weighted by Crippen LogP contribution is -2.38. The molecule has 0 heterocycles. The molecule has 4 heteroatoms. The summed E-state index contributed by atoms with van der Waals surface area (Å²) in [5.74, 6) is 0.574. The van der Waals surface area contributed by atoms with Gasteiger partial charge in [-0.3, -0.25) is 4.99 Å². The third-order valence-electron chi connectivity index (χ3n) is 2.23. The van der Waals surface area contributed by atoms with Gasteiger partial charge in [-0.05, 0) is 25.9 Å². The van der Waals surface area contributed by atoms with E-state index >= 15 is 0 Å². The fraction of sp³-hybridized carbons (Fsp3) is 0.909. The van der Waals surface area contributed by atoms with Crippen molar-refractivity contribution in [3.63, 3.8) is 0 Å². The average Bonchev–Trinajstić information content (AvgIpc) is 2.25. The molecule has 4 nitrogen and oxygen atoms in total. The molecular formula is C11H26N4. The molecule has 0 aromatic heterocycles. The molecule has 0 saturated carbocycles. The Morgan fingerprint density at radius 3 is 2.47 bits per heavy atom. The highest BCUT2D eigenvalue weighted by molar-refractivity contribution is 5.77. The molecule has 3 N–H and O–H groups in total. The van der Waals surface area contributed by atoms with E-state index in [1.807, 2.05) is 0 Å². The summed E-state index contributed by atoms with van der Waals surface area (Å²) in [6.07, 6.45) is 2.24. The van der Waals surface area contributed by atoms with Gasteiger partial charge in [0.05, 0.1) is 0 Å². The first-order chi connectivity index (χ1) is 7.24. The number of nitrogens with two attached hydrogens (primary N) is 1. The molecule has 0 aliphatic carbocycles. The van der Waals surface area contributed by atoms with Crippen LogP contribution in [0.5, 0.6) is 0 Å². The van der Waals surface area contributed by atoms with Crippen molar-refractivity contribution in [3.05, 3.63) is 0 Å². The lowest BCUT2D eigenvalue weighted by atomic mass is 10.4. The zero-order valence-corrected chi connectivity index (χ0v) is 10.4. The van der Waals surface area contributed by atoms with Crippen LogP contribution >= 0.6 is 0 Å². The Kier molecular flexibility index (Phi) is 9.27. The van der Waals surface area contributed by atoms with E-state index < -0.39 is 0 Å². The summed E-state index contributed by atoms with van der Waals surface area (Å²) in [7, 11) is 0. The molecule has 0 rings (SSSR count). The summed E-state index contributed by atoms with van der Waals surface area (Å²) in [5, 5.41) is 3.13. The predicted molar refractivity (Wildman–Crippen MR) is 67.2 cm³/mol. The fourth-order valence-electron chi connectivity index (χ4n) is 1.37. The molecule has 0 saturated heterocycles. The summed E-state index contributed by atoms with van der Waals surface area (Å²) in [4.78, 5) is 6.58. The number of nitrogens with one attached hydrogen (secondary N) is 1. The Labute approximate surface area is 93.9 Å². The molecule has 90 valence electrons. The Hall–Kier alpha value is -0.770. The van der Waals surface area contributed by atoms with Crippen LogP contribution in [0.4, 0.5) is 0 Å². The summed E-state index contributed by atoms with van der Waals surface area (Å²) < 4.78 is 0. The maximum atomic E-state index is 5.68. The number of rotatable bonds is 8. The van der Waals surface area contributed by atoms with Gasteiger partial charge in [0.25, 0.3) is 0 Å². The highest BCUT2D eigenvalue weighted by Crippen LogP contribution is 1.88. The Balaban J connectivity index is 3.57. The van der Waals surface area contributed by atoms with Crippen molar-refractivity contribution in [1.29, 1.82) is 0 Å². The third kappa shape index (κ3) is 8.24. The third-order valence-corrected chi connectivity index (χ3v) is 2.23. The average molecular weight is 214 g/mol. The van der Waals surface area contributed by atoms with Gasteiger partial charge in [-0.2, -0.15) is 0 Å². The van der Waals surface area contributed by atoms with Crippen LogP contribution in [0.1, 0.15) is 33.6 Å². The molecule has 0 spiro atoms. The minimum Gasteiger partial charge on any atom is -0.370 e. The first-order valence-corrected chi connectivity index (χ1v) is 6.00. The van der Waals surface area contributed by atoms with Crippen LogP contribution in [0.15, 0.2) is 4.99 Å². The van der Waals surface area contributed by atoms with Crippen molar-refractivity contribution >= 4 is 5.96 Å². The molecule has 15 heavy (non-hydrogen) atoms. The van der Waals surface area contributed by atoms with Crippen LogP contribution in [-0.2, 0) is 0 Å². The van der Waals surface area contributed by atoms with Crippen LogP contribution in [0.25, 0.3) is 0 Å². The summed E-state index contributed by atoms with van der Waals surface area (Å²) >= 11 is 0. The number of aliphatic imine (C=N–C) groups is 1. The van der Waals surface area contributed by atoms with Crippen LogP contribution in [0.2, 0.25) is 0 Å². The lowest BCUT2D eigenvalue weighted by molar-refractivity contribution is 0.293. The largest absolute Gasteiger partial charge is 0.370 e. The van der Waals surface area contributed by atoms with E-state index in [1.165, 1.54) is 6.42 Å². The van der Waals surface area contributed by atoms with Gasteiger partial charge >= 0.3 is 0 Å². The first kappa shape index (κ1) is 14.2. The molecule has 0 amide bonds. The second-order valence-corrected chi connectivity index (χ2v) is 3.63. The van der Waals surface area contributed by atoms with Crippen molar-refractivity contribution in [3.8, 4) is 0 Å². The molecule has 0 aromatic rings. The van der Waals surface area contributed by atoms with Gasteiger partial charge < -0.3 is 16.0 Å². The van der Waals surface area contributed by atoms with E-state index in [0.29, 0.717) is 5.96 Å². The van der Waals surface area contributed by atoms with E-state index in [0.717, 1.165) is 39.1 Å². The molecule has 0 aromatic carbocycles. The second kappa shape index (κ2) is 9.77. The molecule has 0 aliphatic heterocycles. The van der Waals surface area contributed by atoms with Crippen molar-refractivity contribution < 1.29 is 0 Å². The van der Waals surface area contributed by atoms with E-state index in [1.54, 1.807) is 0 Å². The summed E-state index contributed by atoms with van der Waals surface area (Å²) in [6, 6.07) is 0. The van der Waals surface area contributed by atoms with Gasteiger partial charge in [-0.25, -0.2) is 0 Å². The zero-order valence-electron chi connectivity index (χ0n) is 10.4. The normalized spacial score (nSPS) is 12.1. The van der Waals surface area contributed by atoms with E-state index in [-0.39, 0.29) is 0 Å². The number of nitrogens with zero attached hydrogens (tertiary/aromatic N) is 2. The monoisotopic (exact) mass is 214 g/mol. The molecule has 0 fully saturated rings. The van der Waals surface area contributed by atoms with Crippen LogP contribution < -0.4 is 11.1 Å². The van der Waals surface area contributed by atoms with E-state index in [9.17, 15) is 0 Å². The smallest absolute Gasteiger partial charge is 0.188 e. The van der Waals surface area contributed by atoms with Crippen molar-refractivity contribution in [1.82, 2.24) is 10.2 Å². The summed E-state index contributed by atoms with van der Waals surface area (Å²) in [6.45, 7) is 11.5. The highest BCUT2D eigenvalue weighted by Gasteiger charge is 1.99. The van der Waals surface area contributed by atoms with E-state index in [4.69, 9.17) is 5.73 Å². The van der Waals surface area contributed by atoms with Gasteiger partial charge in [0.2, 0.25) is 0 Å². The predicted octanol–water partition coefficient (Wildman–Crippen LogP) is 1.03. The molecule has 0 unspecified atom stereocenters. The Morgan fingerprint density at radius 2 is 1.93 bits per heavy atom. The number of hydrogen-bond acceptors (Lipinski definition) is 2. The first-order valence-electron chi connectivity index (χ1n) is 6.00. The van der Waals surface area contributed by atoms with Crippen molar-refractivity contribution in [2.24, 2.45) is 10.7 Å². The van der Waals surface area contributed by atoms with E-state index in [2.05, 4.69) is 36.0 Å². The minimum absolute atomic E-state index is 0.574.